The molecule has 3 nitrogen and oxygen atoms in total. The minimum Gasteiger partial charge on any atom is -0.352 e. The summed E-state index contributed by atoms with van der Waals surface area (Å²) in [5.41, 5.74) is 0.401. The van der Waals surface area contributed by atoms with Gasteiger partial charge in [-0.1, -0.05) is 17.7 Å². The first-order valence-corrected chi connectivity index (χ1v) is 5.43. The number of aromatic nitrogens is 2. The molecule has 1 aromatic carbocycles. The van der Waals surface area contributed by atoms with Crippen LogP contribution in [0, 0.1) is 5.82 Å². The van der Waals surface area contributed by atoms with E-state index in [1.807, 2.05) is 0 Å². The molecule has 2 rings (SSSR count). The highest BCUT2D eigenvalue weighted by molar-refractivity contribution is 6.30. The third-order valence-electron chi connectivity index (χ3n) is 2.21. The largest absolute Gasteiger partial charge is 0.352 e. The average molecular weight is 252 g/mol. The normalized spacial score (nSPS) is 10.2. The van der Waals surface area contributed by atoms with Gasteiger partial charge in [-0.25, -0.2) is 9.37 Å². The summed E-state index contributed by atoms with van der Waals surface area (Å²) in [5, 5.41) is 3.38. The standard InChI is InChI=1S/C12H11ClFN3/c1-2-5-15-12-16-6-7-17(12)11-4-3-9(13)8-10(11)14/h2-4,6-8H,1,5H2,(H,15,16). The monoisotopic (exact) mass is 251 g/mol. The van der Waals surface area contributed by atoms with E-state index in [4.69, 9.17) is 11.6 Å². The van der Waals surface area contributed by atoms with E-state index in [-0.39, 0.29) is 0 Å². The molecule has 1 heterocycles. The maximum atomic E-state index is 13.7. The summed E-state index contributed by atoms with van der Waals surface area (Å²) in [6.07, 6.45) is 4.98. The number of nitrogens with one attached hydrogen (secondary N) is 1. The highest BCUT2D eigenvalue weighted by Gasteiger charge is 2.09. The molecule has 5 heteroatoms. The van der Waals surface area contributed by atoms with Gasteiger partial charge in [-0.2, -0.15) is 0 Å². The summed E-state index contributed by atoms with van der Waals surface area (Å²) in [6.45, 7) is 4.16. The Morgan fingerprint density at radius 2 is 2.35 bits per heavy atom. The lowest BCUT2D eigenvalue weighted by atomic mass is 10.3. The molecule has 0 saturated heterocycles. The third kappa shape index (κ3) is 2.47. The van der Waals surface area contributed by atoms with Crippen LogP contribution in [0.5, 0.6) is 0 Å². The molecule has 88 valence electrons. The lowest BCUT2D eigenvalue weighted by molar-refractivity contribution is 0.618. The van der Waals surface area contributed by atoms with Crippen molar-refractivity contribution in [1.82, 2.24) is 9.55 Å². The van der Waals surface area contributed by atoms with Gasteiger partial charge in [0.25, 0.3) is 0 Å². The molecule has 0 bridgehead atoms. The first-order valence-electron chi connectivity index (χ1n) is 5.06. The van der Waals surface area contributed by atoms with Gasteiger partial charge in [0.15, 0.2) is 0 Å². The molecule has 0 fully saturated rings. The summed E-state index contributed by atoms with van der Waals surface area (Å²) in [6, 6.07) is 4.52. The number of benzene rings is 1. The fraction of sp³-hybridized carbons (Fsp3) is 0.0833. The lowest BCUT2D eigenvalue weighted by Crippen LogP contribution is -2.06. The zero-order valence-corrected chi connectivity index (χ0v) is 9.78. The minimum atomic E-state index is -0.392. The summed E-state index contributed by atoms with van der Waals surface area (Å²) in [7, 11) is 0. The van der Waals surface area contributed by atoms with E-state index < -0.39 is 5.82 Å². The Bertz CT molecular complexity index is 536. The molecule has 17 heavy (non-hydrogen) atoms. The van der Waals surface area contributed by atoms with Gasteiger partial charge in [-0.05, 0) is 18.2 Å². The van der Waals surface area contributed by atoms with E-state index in [1.165, 1.54) is 6.07 Å². The van der Waals surface area contributed by atoms with Crippen molar-refractivity contribution in [3.05, 3.63) is 54.1 Å². The van der Waals surface area contributed by atoms with Crippen molar-refractivity contribution in [2.24, 2.45) is 0 Å². The Balaban J connectivity index is 2.38. The Kier molecular flexibility index (Phi) is 3.44. The second-order valence-electron chi connectivity index (χ2n) is 3.39. The van der Waals surface area contributed by atoms with Crippen molar-refractivity contribution >= 4 is 17.5 Å². The van der Waals surface area contributed by atoms with Crippen molar-refractivity contribution < 1.29 is 4.39 Å². The highest BCUT2D eigenvalue weighted by Crippen LogP contribution is 2.21. The highest BCUT2D eigenvalue weighted by atomic mass is 35.5. The molecule has 2 aromatic rings. The van der Waals surface area contributed by atoms with E-state index in [0.717, 1.165) is 0 Å². The van der Waals surface area contributed by atoms with Crippen molar-refractivity contribution in [2.45, 2.75) is 0 Å². The first-order chi connectivity index (χ1) is 8.22. The molecule has 0 amide bonds. The van der Waals surface area contributed by atoms with Crippen LogP contribution in [0.1, 0.15) is 0 Å². The Hall–Kier alpha value is -1.81. The van der Waals surface area contributed by atoms with Gasteiger partial charge in [0.1, 0.15) is 5.82 Å². The number of hydrogen-bond acceptors (Lipinski definition) is 2. The van der Waals surface area contributed by atoms with Crippen LogP contribution >= 0.6 is 11.6 Å². The van der Waals surface area contributed by atoms with Crippen LogP contribution in [-0.2, 0) is 0 Å². The van der Waals surface area contributed by atoms with Crippen molar-refractivity contribution in [3.8, 4) is 5.69 Å². The number of hydrogen-bond donors (Lipinski definition) is 1. The van der Waals surface area contributed by atoms with Gasteiger partial charge < -0.3 is 5.32 Å². The molecule has 1 aromatic heterocycles. The summed E-state index contributed by atoms with van der Waals surface area (Å²) in [5.74, 6) is 0.170. The average Bonchev–Trinajstić information content (AvgIpc) is 2.74. The van der Waals surface area contributed by atoms with Gasteiger partial charge in [0.05, 0.1) is 5.69 Å². The van der Waals surface area contributed by atoms with E-state index in [0.29, 0.717) is 23.2 Å². The second-order valence-corrected chi connectivity index (χ2v) is 3.82. The lowest BCUT2D eigenvalue weighted by Gasteiger charge is -2.09. The van der Waals surface area contributed by atoms with E-state index >= 15 is 0 Å². The number of imidazole rings is 1. The van der Waals surface area contributed by atoms with Gasteiger partial charge in [-0.3, -0.25) is 4.57 Å². The second kappa shape index (κ2) is 5.01. The molecule has 0 aliphatic rings. The Morgan fingerprint density at radius 1 is 1.53 bits per heavy atom. The van der Waals surface area contributed by atoms with Crippen LogP contribution in [0.15, 0.2) is 43.2 Å². The SMILES string of the molecule is C=CCNc1nccn1-c1ccc(Cl)cc1F. The van der Waals surface area contributed by atoms with Crippen LogP contribution in [-0.4, -0.2) is 16.1 Å². The molecule has 1 N–H and O–H groups in total. The summed E-state index contributed by atoms with van der Waals surface area (Å²) < 4.78 is 15.4. The van der Waals surface area contributed by atoms with Crippen LogP contribution < -0.4 is 5.32 Å². The predicted molar refractivity (Wildman–Crippen MR) is 67.2 cm³/mol. The van der Waals surface area contributed by atoms with Crippen LogP contribution in [0.4, 0.5) is 10.3 Å². The van der Waals surface area contributed by atoms with Crippen molar-refractivity contribution in [3.63, 3.8) is 0 Å². The molecule has 0 atom stereocenters. The number of halogens is 2. The smallest absolute Gasteiger partial charge is 0.207 e. The molecule has 0 unspecified atom stereocenters. The number of anilines is 1. The summed E-state index contributed by atoms with van der Waals surface area (Å²) in [4.78, 5) is 4.10. The zero-order chi connectivity index (χ0) is 12.3. The number of rotatable bonds is 4. The molecule has 0 aliphatic heterocycles. The van der Waals surface area contributed by atoms with Gasteiger partial charge in [0.2, 0.25) is 5.95 Å². The third-order valence-corrected chi connectivity index (χ3v) is 2.45. The van der Waals surface area contributed by atoms with Crippen LogP contribution in [0.25, 0.3) is 5.69 Å². The van der Waals surface area contributed by atoms with Crippen LogP contribution in [0.2, 0.25) is 5.02 Å². The predicted octanol–water partition coefficient (Wildman–Crippen LogP) is 3.26. The molecule has 0 spiro atoms. The zero-order valence-electron chi connectivity index (χ0n) is 9.03. The molecular formula is C12H11ClFN3. The van der Waals surface area contributed by atoms with E-state index in [9.17, 15) is 4.39 Å². The quantitative estimate of drug-likeness (QED) is 0.846. The fourth-order valence-electron chi connectivity index (χ4n) is 1.47. The minimum absolute atomic E-state index is 0.368. The number of nitrogens with zero attached hydrogens (tertiary/aromatic N) is 2. The molecule has 0 aliphatic carbocycles. The van der Waals surface area contributed by atoms with Gasteiger partial charge in [0, 0.05) is 24.0 Å². The maximum Gasteiger partial charge on any atom is 0.207 e. The Morgan fingerprint density at radius 3 is 3.06 bits per heavy atom. The molecule has 0 radical (unpaired) electrons. The fourth-order valence-corrected chi connectivity index (χ4v) is 1.63. The van der Waals surface area contributed by atoms with Gasteiger partial charge in [-0.15, -0.1) is 6.58 Å². The Labute approximate surface area is 104 Å². The molecular weight excluding hydrogens is 241 g/mol. The van der Waals surface area contributed by atoms with Crippen molar-refractivity contribution in [2.75, 3.05) is 11.9 Å². The van der Waals surface area contributed by atoms with E-state index in [2.05, 4.69) is 16.9 Å². The van der Waals surface area contributed by atoms with E-state index in [1.54, 1.807) is 35.2 Å². The maximum absolute atomic E-state index is 13.7. The van der Waals surface area contributed by atoms with Gasteiger partial charge >= 0.3 is 0 Å². The van der Waals surface area contributed by atoms with Crippen molar-refractivity contribution in [1.29, 1.82) is 0 Å². The topological polar surface area (TPSA) is 29.9 Å². The first kappa shape index (κ1) is 11.7. The summed E-state index contributed by atoms with van der Waals surface area (Å²) >= 11 is 5.71. The van der Waals surface area contributed by atoms with Crippen LogP contribution in [0.3, 0.4) is 0 Å². The molecule has 0 saturated carbocycles.